The molecule has 0 saturated carbocycles. The van der Waals surface area contributed by atoms with Gasteiger partial charge in [-0.2, -0.15) is 0 Å². The molecule has 1 aromatic carbocycles. The Morgan fingerprint density at radius 2 is 1.97 bits per heavy atom. The third-order valence-corrected chi connectivity index (χ3v) is 6.60. The van der Waals surface area contributed by atoms with Crippen LogP contribution in [0, 0.1) is 5.92 Å². The first-order valence-corrected chi connectivity index (χ1v) is 10.4. The topological polar surface area (TPSA) is 62.6 Å². The minimum Gasteiger partial charge on any atom is -0.312 e. The standard InChI is InChI=1S/C23H25N3O3/c1-15(27)25-8-7-17-10-18(5-6-21(17)25)22(28)14-24-11-16-9-19(13-24)20-3-2-4-23(29)26(20)12-16/h2-6,10,16,19H,7-9,11-14H2,1H3/t16-,19?/m1/s1. The minimum absolute atomic E-state index is 0.0436. The van der Waals surface area contributed by atoms with Gasteiger partial charge >= 0.3 is 0 Å². The van der Waals surface area contributed by atoms with Crippen LogP contribution < -0.4 is 10.5 Å². The Morgan fingerprint density at radius 3 is 2.79 bits per heavy atom. The number of hydrogen-bond acceptors (Lipinski definition) is 4. The molecule has 2 bridgehead atoms. The van der Waals surface area contributed by atoms with Crippen molar-refractivity contribution in [2.45, 2.75) is 32.2 Å². The molecule has 6 nitrogen and oxygen atoms in total. The van der Waals surface area contributed by atoms with Crippen molar-refractivity contribution >= 4 is 17.4 Å². The Hall–Kier alpha value is -2.73. The van der Waals surface area contributed by atoms with E-state index in [1.54, 1.807) is 17.9 Å². The zero-order chi connectivity index (χ0) is 20.1. The van der Waals surface area contributed by atoms with Gasteiger partial charge in [-0.25, -0.2) is 0 Å². The Labute approximate surface area is 169 Å². The maximum atomic E-state index is 13.0. The summed E-state index contributed by atoms with van der Waals surface area (Å²) in [5, 5.41) is 0. The Morgan fingerprint density at radius 1 is 1.10 bits per heavy atom. The number of anilines is 1. The van der Waals surface area contributed by atoms with Crippen LogP contribution in [0.15, 0.2) is 41.2 Å². The molecule has 0 N–H and O–H groups in total. The third kappa shape index (κ3) is 3.21. The summed E-state index contributed by atoms with van der Waals surface area (Å²) < 4.78 is 1.92. The van der Waals surface area contributed by atoms with Gasteiger partial charge in [-0.1, -0.05) is 6.07 Å². The van der Waals surface area contributed by atoms with Gasteiger partial charge in [0.2, 0.25) is 5.91 Å². The normalized spacial score (nSPS) is 22.9. The maximum absolute atomic E-state index is 13.0. The number of fused-ring (bicyclic) bond motifs is 5. The quantitative estimate of drug-likeness (QED) is 0.752. The third-order valence-electron chi connectivity index (χ3n) is 6.60. The van der Waals surface area contributed by atoms with E-state index in [1.165, 1.54) is 0 Å². The van der Waals surface area contributed by atoms with Crippen LogP contribution in [0.4, 0.5) is 5.69 Å². The van der Waals surface area contributed by atoms with Crippen LogP contribution in [0.3, 0.4) is 0 Å². The van der Waals surface area contributed by atoms with E-state index in [0.717, 1.165) is 55.0 Å². The molecule has 3 aliphatic rings. The largest absolute Gasteiger partial charge is 0.312 e. The highest BCUT2D eigenvalue weighted by molar-refractivity contribution is 6.00. The summed E-state index contributed by atoms with van der Waals surface area (Å²) in [6.07, 6.45) is 1.89. The number of Topliss-reactive ketones (excluding diaryl/α,β-unsaturated/α-hetero) is 1. The van der Waals surface area contributed by atoms with Crippen LogP contribution in [0.1, 0.15) is 40.9 Å². The lowest BCUT2D eigenvalue weighted by atomic mass is 9.83. The highest BCUT2D eigenvalue weighted by Gasteiger charge is 2.35. The van der Waals surface area contributed by atoms with Crippen molar-refractivity contribution in [3.05, 3.63) is 63.6 Å². The van der Waals surface area contributed by atoms with Crippen molar-refractivity contribution < 1.29 is 9.59 Å². The van der Waals surface area contributed by atoms with Crippen molar-refractivity contribution in [3.8, 4) is 0 Å². The van der Waals surface area contributed by atoms with Gasteiger partial charge in [0.25, 0.3) is 5.56 Å². The molecule has 0 spiro atoms. The van der Waals surface area contributed by atoms with Gasteiger partial charge in [-0.15, -0.1) is 0 Å². The number of aromatic nitrogens is 1. The molecule has 4 heterocycles. The molecule has 0 aliphatic carbocycles. The summed E-state index contributed by atoms with van der Waals surface area (Å²) in [7, 11) is 0. The Balaban J connectivity index is 1.31. The second-order valence-electron chi connectivity index (χ2n) is 8.58. The molecule has 29 heavy (non-hydrogen) atoms. The van der Waals surface area contributed by atoms with Crippen LogP contribution in [-0.2, 0) is 17.8 Å². The van der Waals surface area contributed by atoms with Crippen LogP contribution in [0.2, 0.25) is 0 Å². The number of carbonyl (C=O) groups is 2. The number of rotatable bonds is 3. The predicted molar refractivity (Wildman–Crippen MR) is 110 cm³/mol. The van der Waals surface area contributed by atoms with Gasteiger partial charge in [-0.3, -0.25) is 19.3 Å². The summed E-state index contributed by atoms with van der Waals surface area (Å²) in [5.41, 5.74) is 3.92. The van der Waals surface area contributed by atoms with Crippen LogP contribution in [-0.4, -0.2) is 47.3 Å². The molecule has 2 atom stereocenters. The average Bonchev–Trinajstić information content (AvgIpc) is 3.12. The van der Waals surface area contributed by atoms with Gasteiger partial charge in [0.1, 0.15) is 0 Å². The summed E-state index contributed by atoms with van der Waals surface area (Å²) >= 11 is 0. The van der Waals surface area contributed by atoms with Crippen molar-refractivity contribution in [1.29, 1.82) is 0 Å². The highest BCUT2D eigenvalue weighted by atomic mass is 16.2. The molecule has 1 fully saturated rings. The lowest BCUT2D eigenvalue weighted by Gasteiger charge is -2.42. The summed E-state index contributed by atoms with van der Waals surface area (Å²) in [6, 6.07) is 11.2. The number of amides is 1. The molecule has 2 aromatic rings. The molecule has 150 valence electrons. The number of nitrogens with zero attached hydrogens (tertiary/aromatic N) is 3. The second kappa shape index (κ2) is 6.95. The predicted octanol–water partition coefficient (Wildman–Crippen LogP) is 2.06. The van der Waals surface area contributed by atoms with Gasteiger partial charge in [0, 0.05) is 62.0 Å². The van der Waals surface area contributed by atoms with Gasteiger partial charge in [0.05, 0.1) is 6.54 Å². The molecule has 5 rings (SSSR count). The van der Waals surface area contributed by atoms with E-state index in [9.17, 15) is 14.4 Å². The molecular weight excluding hydrogens is 366 g/mol. The van der Waals surface area contributed by atoms with Gasteiger partial charge in [-0.05, 0) is 48.6 Å². The number of hydrogen-bond donors (Lipinski definition) is 0. The highest BCUT2D eigenvalue weighted by Crippen LogP contribution is 2.35. The fourth-order valence-electron chi connectivity index (χ4n) is 5.32. The van der Waals surface area contributed by atoms with E-state index in [1.807, 2.05) is 28.8 Å². The fourth-order valence-corrected chi connectivity index (χ4v) is 5.32. The van der Waals surface area contributed by atoms with E-state index in [0.29, 0.717) is 24.9 Å². The number of likely N-dealkylation sites (tertiary alicyclic amines) is 1. The second-order valence-corrected chi connectivity index (χ2v) is 8.58. The van der Waals surface area contributed by atoms with E-state index in [-0.39, 0.29) is 17.2 Å². The first-order valence-electron chi connectivity index (χ1n) is 10.4. The molecule has 1 amide bonds. The monoisotopic (exact) mass is 391 g/mol. The van der Waals surface area contributed by atoms with E-state index >= 15 is 0 Å². The van der Waals surface area contributed by atoms with Crippen LogP contribution in [0.5, 0.6) is 0 Å². The van der Waals surface area contributed by atoms with Crippen LogP contribution >= 0.6 is 0 Å². The number of piperidine rings is 1. The zero-order valence-corrected chi connectivity index (χ0v) is 16.6. The minimum atomic E-state index is 0.0436. The molecule has 3 aliphatic heterocycles. The summed E-state index contributed by atoms with van der Waals surface area (Å²) in [4.78, 5) is 40.9. The van der Waals surface area contributed by atoms with Crippen molar-refractivity contribution in [2.75, 3.05) is 31.1 Å². The van der Waals surface area contributed by atoms with Gasteiger partial charge in [0.15, 0.2) is 5.78 Å². The molecule has 1 aromatic heterocycles. The van der Waals surface area contributed by atoms with E-state index < -0.39 is 0 Å². The molecular formula is C23H25N3O3. The van der Waals surface area contributed by atoms with E-state index in [4.69, 9.17) is 0 Å². The van der Waals surface area contributed by atoms with Crippen molar-refractivity contribution in [2.24, 2.45) is 5.92 Å². The van der Waals surface area contributed by atoms with Crippen molar-refractivity contribution in [1.82, 2.24) is 9.47 Å². The first kappa shape index (κ1) is 18.3. The number of benzene rings is 1. The lowest BCUT2D eigenvalue weighted by molar-refractivity contribution is -0.116. The lowest BCUT2D eigenvalue weighted by Crippen LogP contribution is -2.48. The van der Waals surface area contributed by atoms with Crippen LogP contribution in [0.25, 0.3) is 0 Å². The van der Waals surface area contributed by atoms with Gasteiger partial charge < -0.3 is 9.47 Å². The number of pyridine rings is 1. The smallest absolute Gasteiger partial charge is 0.250 e. The maximum Gasteiger partial charge on any atom is 0.250 e. The fraction of sp³-hybridized carbons (Fsp3) is 0.435. The molecule has 1 saturated heterocycles. The molecule has 6 heteroatoms. The number of ketones is 1. The zero-order valence-electron chi connectivity index (χ0n) is 16.6. The Bertz CT molecular complexity index is 1060. The average molecular weight is 391 g/mol. The SMILES string of the molecule is CC(=O)N1CCc2cc(C(=O)CN3CC4C[C@H](C3)Cn3c4cccc3=O)ccc21. The Kier molecular flexibility index (Phi) is 4.39. The number of carbonyl (C=O) groups excluding carboxylic acids is 2. The summed E-state index contributed by atoms with van der Waals surface area (Å²) in [6.45, 7) is 5.08. The molecule has 0 radical (unpaired) electrons. The van der Waals surface area contributed by atoms with E-state index in [2.05, 4.69) is 11.0 Å². The van der Waals surface area contributed by atoms with Crippen molar-refractivity contribution in [3.63, 3.8) is 0 Å². The molecule has 1 unspecified atom stereocenters. The summed E-state index contributed by atoms with van der Waals surface area (Å²) in [5.74, 6) is 0.896. The first-order chi connectivity index (χ1) is 14.0.